The fourth-order valence-corrected chi connectivity index (χ4v) is 3.37. The third-order valence-corrected chi connectivity index (χ3v) is 5.11. The number of likely N-dealkylation sites (N-methyl/N-ethyl adjacent to an activating group) is 1. The van der Waals surface area contributed by atoms with Gasteiger partial charge in [0.2, 0.25) is 0 Å². The van der Waals surface area contributed by atoms with Crippen LogP contribution in [0.2, 0.25) is 0 Å². The van der Waals surface area contributed by atoms with Crippen molar-refractivity contribution in [1.82, 2.24) is 15.1 Å². The zero-order valence-electron chi connectivity index (χ0n) is 16.5. The first-order chi connectivity index (χ1) is 13.6. The number of nitrogens with one attached hydrogen (secondary N) is 1. The SMILES string of the molecule is CCN1CCN(C(=O)c2cccc(C(=O)NCc3ccccc3OC)c2)CC1. The van der Waals surface area contributed by atoms with Gasteiger partial charge in [0.05, 0.1) is 7.11 Å². The largest absolute Gasteiger partial charge is 0.496 e. The Morgan fingerprint density at radius 1 is 1.00 bits per heavy atom. The molecule has 1 aliphatic rings. The van der Waals surface area contributed by atoms with Gasteiger partial charge in [-0.05, 0) is 30.8 Å². The summed E-state index contributed by atoms with van der Waals surface area (Å²) >= 11 is 0. The molecule has 1 fully saturated rings. The van der Waals surface area contributed by atoms with Crippen LogP contribution in [0, 0.1) is 0 Å². The number of amides is 2. The summed E-state index contributed by atoms with van der Waals surface area (Å²) in [5.74, 6) is 0.504. The highest BCUT2D eigenvalue weighted by Gasteiger charge is 2.22. The van der Waals surface area contributed by atoms with Crippen molar-refractivity contribution in [2.45, 2.75) is 13.5 Å². The minimum Gasteiger partial charge on any atom is -0.496 e. The fraction of sp³-hybridized carbons (Fsp3) is 0.364. The average Bonchev–Trinajstić information content (AvgIpc) is 2.77. The Morgan fingerprint density at radius 2 is 1.71 bits per heavy atom. The lowest BCUT2D eigenvalue weighted by Gasteiger charge is -2.34. The maximum Gasteiger partial charge on any atom is 0.253 e. The van der Waals surface area contributed by atoms with E-state index in [4.69, 9.17) is 4.74 Å². The summed E-state index contributed by atoms with van der Waals surface area (Å²) in [6.45, 7) is 6.71. The average molecular weight is 381 g/mol. The first kappa shape index (κ1) is 19.9. The van der Waals surface area contributed by atoms with Crippen molar-refractivity contribution in [2.75, 3.05) is 39.8 Å². The van der Waals surface area contributed by atoms with Gasteiger partial charge in [-0.15, -0.1) is 0 Å². The van der Waals surface area contributed by atoms with Crippen molar-refractivity contribution < 1.29 is 14.3 Å². The van der Waals surface area contributed by atoms with E-state index in [-0.39, 0.29) is 11.8 Å². The van der Waals surface area contributed by atoms with Gasteiger partial charge in [0, 0.05) is 49.4 Å². The smallest absolute Gasteiger partial charge is 0.253 e. The second-order valence-electron chi connectivity index (χ2n) is 6.80. The highest BCUT2D eigenvalue weighted by Crippen LogP contribution is 2.17. The third-order valence-electron chi connectivity index (χ3n) is 5.11. The molecule has 6 heteroatoms. The number of hydrogen-bond acceptors (Lipinski definition) is 4. The van der Waals surface area contributed by atoms with E-state index >= 15 is 0 Å². The maximum absolute atomic E-state index is 12.8. The molecule has 2 amide bonds. The number of para-hydroxylation sites is 1. The van der Waals surface area contributed by atoms with Gasteiger partial charge in [-0.2, -0.15) is 0 Å². The first-order valence-corrected chi connectivity index (χ1v) is 9.64. The predicted octanol–water partition coefficient (Wildman–Crippen LogP) is 2.40. The van der Waals surface area contributed by atoms with Gasteiger partial charge in [-0.3, -0.25) is 9.59 Å². The molecule has 0 unspecified atom stereocenters. The van der Waals surface area contributed by atoms with Gasteiger partial charge in [0.15, 0.2) is 0 Å². The van der Waals surface area contributed by atoms with E-state index in [2.05, 4.69) is 17.1 Å². The van der Waals surface area contributed by atoms with E-state index < -0.39 is 0 Å². The van der Waals surface area contributed by atoms with Crippen molar-refractivity contribution in [3.05, 3.63) is 65.2 Å². The van der Waals surface area contributed by atoms with Crippen molar-refractivity contribution in [1.29, 1.82) is 0 Å². The normalized spacial score (nSPS) is 14.6. The molecule has 0 aromatic heterocycles. The third kappa shape index (κ3) is 4.70. The lowest BCUT2D eigenvalue weighted by Crippen LogP contribution is -2.48. The Balaban J connectivity index is 1.64. The zero-order chi connectivity index (χ0) is 19.9. The van der Waals surface area contributed by atoms with Gasteiger partial charge < -0.3 is 19.9 Å². The van der Waals surface area contributed by atoms with E-state index in [1.54, 1.807) is 31.4 Å². The number of hydrogen-bond donors (Lipinski definition) is 1. The first-order valence-electron chi connectivity index (χ1n) is 9.64. The second kappa shape index (κ2) is 9.37. The minimum absolute atomic E-state index is 0.0184. The molecule has 2 aromatic carbocycles. The van der Waals surface area contributed by atoms with Gasteiger partial charge in [0.25, 0.3) is 11.8 Å². The van der Waals surface area contributed by atoms with Crippen molar-refractivity contribution in [3.63, 3.8) is 0 Å². The highest BCUT2D eigenvalue weighted by atomic mass is 16.5. The van der Waals surface area contributed by atoms with Crippen molar-refractivity contribution in [3.8, 4) is 5.75 Å². The number of carbonyl (C=O) groups excluding carboxylic acids is 2. The molecule has 1 aliphatic heterocycles. The summed E-state index contributed by atoms with van der Waals surface area (Å²) in [6.07, 6.45) is 0. The minimum atomic E-state index is -0.212. The number of piperazine rings is 1. The number of nitrogens with zero attached hydrogens (tertiary/aromatic N) is 2. The van der Waals surface area contributed by atoms with Gasteiger partial charge in [-0.25, -0.2) is 0 Å². The number of rotatable bonds is 6. The molecule has 0 saturated carbocycles. The van der Waals surface area contributed by atoms with Crippen molar-refractivity contribution in [2.24, 2.45) is 0 Å². The second-order valence-corrected chi connectivity index (χ2v) is 6.80. The molecular formula is C22H27N3O3. The van der Waals surface area contributed by atoms with Gasteiger partial charge in [0.1, 0.15) is 5.75 Å². The lowest BCUT2D eigenvalue weighted by molar-refractivity contribution is 0.0643. The molecule has 2 aromatic rings. The summed E-state index contributed by atoms with van der Waals surface area (Å²) in [6, 6.07) is 14.5. The fourth-order valence-electron chi connectivity index (χ4n) is 3.37. The summed E-state index contributed by atoms with van der Waals surface area (Å²) in [5.41, 5.74) is 1.93. The number of ether oxygens (including phenoxy) is 1. The lowest BCUT2D eigenvalue weighted by atomic mass is 10.1. The molecule has 0 aliphatic carbocycles. The quantitative estimate of drug-likeness (QED) is 0.835. The molecule has 1 saturated heterocycles. The Hall–Kier alpha value is -2.86. The Bertz CT molecular complexity index is 829. The molecule has 3 rings (SSSR count). The molecule has 0 bridgehead atoms. The molecule has 148 valence electrons. The van der Waals surface area contributed by atoms with E-state index in [1.807, 2.05) is 29.2 Å². The Labute approximate surface area is 166 Å². The number of methoxy groups -OCH3 is 1. The monoisotopic (exact) mass is 381 g/mol. The molecule has 0 spiro atoms. The Kier molecular flexibility index (Phi) is 6.66. The van der Waals surface area contributed by atoms with Crippen LogP contribution in [0.5, 0.6) is 5.75 Å². The van der Waals surface area contributed by atoms with Crippen molar-refractivity contribution >= 4 is 11.8 Å². The zero-order valence-corrected chi connectivity index (χ0v) is 16.5. The molecule has 28 heavy (non-hydrogen) atoms. The van der Waals surface area contributed by atoms with E-state index in [0.29, 0.717) is 17.7 Å². The van der Waals surface area contributed by atoms with E-state index in [1.165, 1.54) is 0 Å². The standard InChI is InChI=1S/C22H27N3O3/c1-3-24-11-13-25(14-12-24)22(27)18-9-6-8-17(15-18)21(26)23-16-19-7-4-5-10-20(19)28-2/h4-10,15H,3,11-14,16H2,1-2H3,(H,23,26). The topological polar surface area (TPSA) is 61.9 Å². The van der Waals surface area contributed by atoms with E-state index in [0.717, 1.165) is 44.0 Å². The number of carbonyl (C=O) groups is 2. The van der Waals surface area contributed by atoms with Crippen LogP contribution in [0.15, 0.2) is 48.5 Å². The molecule has 0 atom stereocenters. The molecule has 1 heterocycles. The van der Waals surface area contributed by atoms with Crippen LogP contribution in [0.25, 0.3) is 0 Å². The molecular weight excluding hydrogens is 354 g/mol. The van der Waals surface area contributed by atoms with Crippen LogP contribution in [0.1, 0.15) is 33.2 Å². The highest BCUT2D eigenvalue weighted by molar-refractivity contribution is 5.99. The molecule has 1 N–H and O–H groups in total. The molecule has 0 radical (unpaired) electrons. The summed E-state index contributed by atoms with van der Waals surface area (Å²) in [7, 11) is 1.61. The summed E-state index contributed by atoms with van der Waals surface area (Å²) in [4.78, 5) is 29.5. The van der Waals surface area contributed by atoms with E-state index in [9.17, 15) is 9.59 Å². The van der Waals surface area contributed by atoms with Gasteiger partial charge >= 0.3 is 0 Å². The summed E-state index contributed by atoms with van der Waals surface area (Å²) in [5, 5.41) is 2.90. The number of benzene rings is 2. The molecule has 6 nitrogen and oxygen atoms in total. The predicted molar refractivity (Wildman–Crippen MR) is 109 cm³/mol. The van der Waals surface area contributed by atoms with Crippen LogP contribution in [-0.2, 0) is 6.54 Å². The van der Waals surface area contributed by atoms with Crippen LogP contribution in [0.4, 0.5) is 0 Å². The van der Waals surface area contributed by atoms with Crippen LogP contribution in [-0.4, -0.2) is 61.4 Å². The maximum atomic E-state index is 12.8. The van der Waals surface area contributed by atoms with Gasteiger partial charge in [-0.1, -0.05) is 31.2 Å². The van der Waals surface area contributed by atoms with Crippen LogP contribution in [0.3, 0.4) is 0 Å². The Morgan fingerprint density at radius 3 is 2.43 bits per heavy atom. The summed E-state index contributed by atoms with van der Waals surface area (Å²) < 4.78 is 5.31. The van der Waals surface area contributed by atoms with Crippen LogP contribution >= 0.6 is 0 Å². The van der Waals surface area contributed by atoms with Crippen LogP contribution < -0.4 is 10.1 Å².